The average Bonchev–Trinajstić information content (AvgIpc) is 4.01. The molecule has 18 heteroatoms. The second kappa shape index (κ2) is 13.8. The van der Waals surface area contributed by atoms with Crippen LogP contribution in [-0.4, -0.2) is 77.6 Å². The number of ether oxygens (including phenoxy) is 1. The van der Waals surface area contributed by atoms with E-state index in [0.29, 0.717) is 30.0 Å². The molecule has 55 heavy (non-hydrogen) atoms. The van der Waals surface area contributed by atoms with Gasteiger partial charge in [-0.05, 0) is 84.7 Å². The van der Waals surface area contributed by atoms with Crippen LogP contribution in [0.15, 0.2) is 36.4 Å². The molecular weight excluding hydrogens is 770 g/mol. The first-order valence-corrected chi connectivity index (χ1v) is 20.1. The number of hydrogen-bond donors (Lipinski definition) is 3. The molecule has 12 nitrogen and oxygen atoms in total. The fourth-order valence-corrected chi connectivity index (χ4v) is 9.34. The van der Waals surface area contributed by atoms with E-state index in [9.17, 15) is 45.2 Å². The molecule has 2 aromatic carbocycles. The van der Waals surface area contributed by atoms with Crippen LogP contribution in [0.5, 0.6) is 0 Å². The van der Waals surface area contributed by atoms with Crippen LogP contribution in [-0.2, 0) is 48.4 Å². The number of fused-ring (bicyclic) bond motifs is 1. The summed E-state index contributed by atoms with van der Waals surface area (Å²) >= 11 is 6.34. The highest BCUT2D eigenvalue weighted by molar-refractivity contribution is 7.91. The number of anilines is 1. The van der Waals surface area contributed by atoms with Gasteiger partial charge in [-0.3, -0.25) is 24.0 Å². The number of alkyl halides is 3. The molecule has 5 atom stereocenters. The highest BCUT2D eigenvalue weighted by Crippen LogP contribution is 2.57. The zero-order chi connectivity index (χ0) is 39.8. The van der Waals surface area contributed by atoms with Crippen LogP contribution in [0.2, 0.25) is 5.02 Å². The van der Waals surface area contributed by atoms with E-state index in [2.05, 4.69) is 15.4 Å². The summed E-state index contributed by atoms with van der Waals surface area (Å²) in [4.78, 5) is 58.6. The SMILES string of the molecule is CC(C)(C)C(Nc1ccc(F)c(C(F)(F)F)c1)C(=O)N1CC(OC(=O)N2Cc3cccc(Cl)c3C2)CC1C(=O)NC1(C(=O)NS(=O)(=O)C2CC2)CC1C1CC1. The van der Waals surface area contributed by atoms with Crippen molar-refractivity contribution < 1.29 is 49.9 Å². The number of nitrogens with zero attached hydrogens (tertiary/aromatic N) is 2. The van der Waals surface area contributed by atoms with Crippen molar-refractivity contribution in [3.63, 3.8) is 0 Å². The zero-order valence-corrected chi connectivity index (χ0v) is 31.9. The number of hydrogen-bond acceptors (Lipinski definition) is 8. The maximum Gasteiger partial charge on any atom is 0.419 e. The minimum atomic E-state index is -5.01. The molecule has 2 heterocycles. The monoisotopic (exact) mass is 811 g/mol. The second-order valence-electron chi connectivity index (χ2n) is 16.4. The number of carbonyl (C=O) groups is 4. The van der Waals surface area contributed by atoms with Gasteiger partial charge in [-0.25, -0.2) is 17.6 Å². The van der Waals surface area contributed by atoms with Gasteiger partial charge in [0.1, 0.15) is 29.5 Å². The van der Waals surface area contributed by atoms with Crippen LogP contribution in [0.1, 0.15) is 76.0 Å². The van der Waals surface area contributed by atoms with Crippen LogP contribution < -0.4 is 15.4 Å². The van der Waals surface area contributed by atoms with E-state index in [-0.39, 0.29) is 50.0 Å². The molecule has 2 aliphatic heterocycles. The summed E-state index contributed by atoms with van der Waals surface area (Å²) in [6.45, 7) is 5.06. The molecule has 1 saturated heterocycles. The smallest absolute Gasteiger partial charge is 0.419 e. The van der Waals surface area contributed by atoms with E-state index in [4.69, 9.17) is 16.3 Å². The molecule has 298 valence electrons. The lowest BCUT2D eigenvalue weighted by Gasteiger charge is -2.36. The van der Waals surface area contributed by atoms with E-state index in [1.54, 1.807) is 32.9 Å². The molecule has 2 aromatic rings. The third kappa shape index (κ3) is 7.96. The predicted octanol–water partition coefficient (Wildman–Crippen LogP) is 5.34. The van der Waals surface area contributed by atoms with Gasteiger partial charge in [0.25, 0.3) is 5.91 Å². The number of amides is 4. The molecule has 3 saturated carbocycles. The summed E-state index contributed by atoms with van der Waals surface area (Å²) in [5, 5.41) is 5.40. The van der Waals surface area contributed by atoms with E-state index in [1.807, 2.05) is 6.07 Å². The molecule has 7 rings (SSSR count). The van der Waals surface area contributed by atoms with Crippen molar-refractivity contribution in [2.24, 2.45) is 17.3 Å². The fraction of sp³-hybridized carbons (Fsp3) is 0.568. The molecule has 0 aromatic heterocycles. The van der Waals surface area contributed by atoms with Gasteiger partial charge in [-0.1, -0.05) is 44.5 Å². The van der Waals surface area contributed by atoms with Crippen molar-refractivity contribution in [2.45, 2.75) is 108 Å². The van der Waals surface area contributed by atoms with Crippen molar-refractivity contribution in [1.82, 2.24) is 19.8 Å². The van der Waals surface area contributed by atoms with Gasteiger partial charge in [-0.2, -0.15) is 13.2 Å². The Morgan fingerprint density at radius 2 is 1.73 bits per heavy atom. The van der Waals surface area contributed by atoms with Crippen LogP contribution in [0, 0.1) is 23.1 Å². The first-order chi connectivity index (χ1) is 25.7. The number of carbonyl (C=O) groups excluding carboxylic acids is 4. The molecule has 3 N–H and O–H groups in total. The third-order valence-electron chi connectivity index (χ3n) is 11.2. The Balaban J connectivity index is 1.15. The summed E-state index contributed by atoms with van der Waals surface area (Å²) in [6, 6.07) is 4.96. The van der Waals surface area contributed by atoms with Crippen molar-refractivity contribution in [3.05, 3.63) is 63.9 Å². The van der Waals surface area contributed by atoms with E-state index >= 15 is 0 Å². The van der Waals surface area contributed by atoms with E-state index in [1.165, 1.54) is 9.80 Å². The maximum absolute atomic E-state index is 14.6. The highest BCUT2D eigenvalue weighted by Gasteiger charge is 2.67. The van der Waals surface area contributed by atoms with Crippen LogP contribution in [0.4, 0.5) is 28.0 Å². The van der Waals surface area contributed by atoms with Crippen LogP contribution in [0.3, 0.4) is 0 Å². The van der Waals surface area contributed by atoms with Crippen LogP contribution >= 0.6 is 11.6 Å². The quantitative estimate of drug-likeness (QED) is 0.272. The number of halogens is 5. The van der Waals surface area contributed by atoms with Gasteiger partial charge in [0.15, 0.2) is 0 Å². The number of likely N-dealkylation sites (tertiary alicyclic amines) is 1. The minimum Gasteiger partial charge on any atom is -0.444 e. The molecule has 0 radical (unpaired) electrons. The van der Waals surface area contributed by atoms with Crippen molar-refractivity contribution >= 4 is 51.1 Å². The van der Waals surface area contributed by atoms with Gasteiger partial charge < -0.3 is 20.3 Å². The normalized spacial score (nSPS) is 25.6. The molecular formula is C37H42ClF4N5O7S. The number of rotatable bonds is 10. The number of nitrogens with one attached hydrogen (secondary N) is 3. The Morgan fingerprint density at radius 3 is 2.35 bits per heavy atom. The Kier molecular flexibility index (Phi) is 9.83. The summed E-state index contributed by atoms with van der Waals surface area (Å²) in [7, 11) is -3.95. The Bertz CT molecular complexity index is 2040. The lowest BCUT2D eigenvalue weighted by Crippen LogP contribution is -2.58. The highest BCUT2D eigenvalue weighted by atomic mass is 35.5. The zero-order valence-electron chi connectivity index (χ0n) is 30.3. The van der Waals surface area contributed by atoms with Gasteiger partial charge in [0.05, 0.1) is 23.9 Å². The minimum absolute atomic E-state index is 0.106. The van der Waals surface area contributed by atoms with E-state index in [0.717, 1.165) is 30.0 Å². The van der Waals surface area contributed by atoms with Crippen LogP contribution in [0.25, 0.3) is 0 Å². The molecule has 4 fully saturated rings. The average molecular weight is 812 g/mol. The molecule has 3 aliphatic carbocycles. The standard InChI is InChI=1S/C37H42ClF4N5O7S/c1-35(2,3)30(43-21-9-12-28(39)25(13-21)37(40,41)42)32(49)47-17-22(54-34(51)46-16-20-5-4-6-27(38)24(20)18-46)14-29(47)31(48)44-36(15-26(36)19-7-8-19)33(50)45-55(52,53)23-10-11-23/h4-6,9,12-13,19,22-23,26,29-30,43H,7-8,10-11,14-18H2,1-3H3,(H,44,48)(H,45,50). The molecule has 5 aliphatic rings. The van der Waals surface area contributed by atoms with Crippen molar-refractivity contribution in [2.75, 3.05) is 11.9 Å². The second-order valence-corrected chi connectivity index (χ2v) is 18.8. The maximum atomic E-state index is 14.6. The predicted molar refractivity (Wildman–Crippen MR) is 191 cm³/mol. The Morgan fingerprint density at radius 1 is 1.02 bits per heavy atom. The largest absolute Gasteiger partial charge is 0.444 e. The topological polar surface area (TPSA) is 154 Å². The Labute approximate surface area is 320 Å². The fourth-order valence-electron chi connectivity index (χ4n) is 7.72. The van der Waals surface area contributed by atoms with Crippen molar-refractivity contribution in [3.8, 4) is 0 Å². The summed E-state index contributed by atoms with van der Waals surface area (Å²) in [5.74, 6) is -4.05. The first-order valence-electron chi connectivity index (χ1n) is 18.2. The van der Waals surface area contributed by atoms with Gasteiger partial charge >= 0.3 is 12.3 Å². The van der Waals surface area contributed by atoms with E-state index < -0.39 is 85.8 Å². The van der Waals surface area contributed by atoms with Gasteiger partial charge in [-0.15, -0.1) is 0 Å². The Hall–Kier alpha value is -4.12. The van der Waals surface area contributed by atoms with Crippen molar-refractivity contribution in [1.29, 1.82) is 0 Å². The van der Waals surface area contributed by atoms with Gasteiger partial charge in [0, 0.05) is 23.7 Å². The van der Waals surface area contributed by atoms with Gasteiger partial charge in [0.2, 0.25) is 21.8 Å². The molecule has 5 unspecified atom stereocenters. The number of benzene rings is 2. The number of sulfonamides is 1. The molecule has 0 spiro atoms. The molecule has 0 bridgehead atoms. The lowest BCUT2D eigenvalue weighted by molar-refractivity contribution is -0.141. The summed E-state index contributed by atoms with van der Waals surface area (Å²) < 4.78 is 88.6. The summed E-state index contributed by atoms with van der Waals surface area (Å²) in [6.07, 6.45) is -4.30. The lowest BCUT2D eigenvalue weighted by atomic mass is 9.85. The first kappa shape index (κ1) is 39.1. The molecule has 4 amide bonds. The summed E-state index contributed by atoms with van der Waals surface area (Å²) in [5.41, 5.74) is -2.66. The third-order valence-corrected chi connectivity index (χ3v) is 13.3.